The van der Waals surface area contributed by atoms with E-state index in [4.69, 9.17) is 0 Å². The number of halogens is 1. The Bertz CT molecular complexity index is 415. The molecule has 1 atom stereocenters. The molecule has 1 aromatic rings. The third kappa shape index (κ3) is 4.01. The van der Waals surface area contributed by atoms with Crippen molar-refractivity contribution in [2.24, 2.45) is 0 Å². The molecule has 0 aliphatic carbocycles. The highest BCUT2D eigenvalue weighted by Gasteiger charge is 2.22. The van der Waals surface area contributed by atoms with E-state index >= 15 is 0 Å². The molecule has 1 aliphatic heterocycles. The summed E-state index contributed by atoms with van der Waals surface area (Å²) in [6, 6.07) is 6.26. The van der Waals surface area contributed by atoms with Crippen LogP contribution in [0.1, 0.15) is 13.3 Å². The first-order valence-corrected chi connectivity index (χ1v) is 6.69. The number of amides is 1. The fourth-order valence-electron chi connectivity index (χ4n) is 2.37. The van der Waals surface area contributed by atoms with Gasteiger partial charge in [-0.2, -0.15) is 0 Å². The first-order chi connectivity index (χ1) is 9.19. The zero-order chi connectivity index (χ0) is 13.7. The number of hydrogen-bond donors (Lipinski definition) is 2. The van der Waals surface area contributed by atoms with Crippen molar-refractivity contribution in [1.29, 1.82) is 0 Å². The fraction of sp³-hybridized carbons (Fsp3) is 0.500. The van der Waals surface area contributed by atoms with Crippen molar-refractivity contribution in [1.82, 2.24) is 10.2 Å². The van der Waals surface area contributed by atoms with Crippen molar-refractivity contribution in [3.05, 3.63) is 30.1 Å². The van der Waals surface area contributed by atoms with Gasteiger partial charge in [0.2, 0.25) is 5.91 Å². The van der Waals surface area contributed by atoms with E-state index in [-0.39, 0.29) is 11.7 Å². The van der Waals surface area contributed by atoms with Crippen molar-refractivity contribution in [2.45, 2.75) is 19.4 Å². The summed E-state index contributed by atoms with van der Waals surface area (Å²) in [7, 11) is 0. The van der Waals surface area contributed by atoms with Crippen LogP contribution in [0.25, 0.3) is 0 Å². The van der Waals surface area contributed by atoms with Crippen LogP contribution in [-0.4, -0.2) is 43.0 Å². The summed E-state index contributed by atoms with van der Waals surface area (Å²) in [5.41, 5.74) is 0.631. The lowest BCUT2D eigenvalue weighted by atomic mass is 10.2. The summed E-state index contributed by atoms with van der Waals surface area (Å²) in [5.74, 6) is -0.356. The Morgan fingerprint density at radius 1 is 1.47 bits per heavy atom. The van der Waals surface area contributed by atoms with E-state index in [1.54, 1.807) is 12.1 Å². The molecule has 1 unspecified atom stereocenters. The Morgan fingerprint density at radius 2 is 2.21 bits per heavy atom. The molecule has 4 nitrogen and oxygen atoms in total. The number of nitrogens with zero attached hydrogens (tertiary/aromatic N) is 1. The minimum absolute atomic E-state index is 0.0552. The van der Waals surface area contributed by atoms with E-state index in [2.05, 4.69) is 22.5 Å². The second kappa shape index (κ2) is 6.63. The van der Waals surface area contributed by atoms with Gasteiger partial charge in [-0.15, -0.1) is 0 Å². The molecule has 0 bridgehead atoms. The highest BCUT2D eigenvalue weighted by atomic mass is 19.1. The Balaban J connectivity index is 1.87. The number of benzene rings is 1. The predicted octanol–water partition coefficient (Wildman–Crippen LogP) is 1.45. The molecule has 0 aromatic heterocycles. The van der Waals surface area contributed by atoms with Gasteiger partial charge < -0.3 is 10.6 Å². The van der Waals surface area contributed by atoms with Gasteiger partial charge in [0, 0.05) is 18.3 Å². The highest BCUT2D eigenvalue weighted by Crippen LogP contribution is 2.10. The van der Waals surface area contributed by atoms with E-state index in [9.17, 15) is 9.18 Å². The maximum absolute atomic E-state index is 12.8. The number of nitrogens with one attached hydrogen (secondary N) is 2. The van der Waals surface area contributed by atoms with Crippen LogP contribution in [0.3, 0.4) is 0 Å². The smallest absolute Gasteiger partial charge is 0.238 e. The number of hydrogen-bond acceptors (Lipinski definition) is 3. The molecule has 1 fully saturated rings. The van der Waals surface area contributed by atoms with Gasteiger partial charge in [-0.25, -0.2) is 4.39 Å². The van der Waals surface area contributed by atoms with E-state index in [0.29, 0.717) is 18.3 Å². The number of carbonyl (C=O) groups is 1. The summed E-state index contributed by atoms with van der Waals surface area (Å²) in [6.45, 7) is 5.24. The molecule has 1 heterocycles. The third-order valence-corrected chi connectivity index (χ3v) is 3.43. The summed E-state index contributed by atoms with van der Waals surface area (Å²) in [6.07, 6.45) is 1.08. The number of carbonyl (C=O) groups excluding carboxylic acids is 1. The van der Waals surface area contributed by atoms with Crippen LogP contribution in [-0.2, 0) is 4.79 Å². The SMILES string of the molecule is CCN(CC(=O)Nc1ccc(F)cc1)C1CCNC1. The number of rotatable bonds is 5. The van der Waals surface area contributed by atoms with E-state index in [1.807, 2.05) is 0 Å². The lowest BCUT2D eigenvalue weighted by Gasteiger charge is -2.26. The predicted molar refractivity (Wildman–Crippen MR) is 73.6 cm³/mol. The van der Waals surface area contributed by atoms with Crippen LogP contribution < -0.4 is 10.6 Å². The van der Waals surface area contributed by atoms with E-state index in [0.717, 1.165) is 26.1 Å². The molecule has 1 saturated heterocycles. The molecule has 0 radical (unpaired) electrons. The fourth-order valence-corrected chi connectivity index (χ4v) is 2.37. The van der Waals surface area contributed by atoms with Gasteiger partial charge in [0.25, 0.3) is 0 Å². The summed E-state index contributed by atoms with van der Waals surface area (Å²) < 4.78 is 12.8. The summed E-state index contributed by atoms with van der Waals surface area (Å²) >= 11 is 0. The van der Waals surface area contributed by atoms with E-state index in [1.165, 1.54) is 12.1 Å². The standard InChI is InChI=1S/C14H20FN3O/c1-2-18(13-7-8-16-9-13)10-14(19)17-12-5-3-11(15)4-6-12/h3-6,13,16H,2,7-10H2,1H3,(H,17,19). The third-order valence-electron chi connectivity index (χ3n) is 3.43. The first-order valence-electron chi connectivity index (χ1n) is 6.69. The zero-order valence-corrected chi connectivity index (χ0v) is 11.2. The first kappa shape index (κ1) is 14.0. The molecular formula is C14H20FN3O. The topological polar surface area (TPSA) is 44.4 Å². The van der Waals surface area contributed by atoms with Crippen molar-refractivity contribution >= 4 is 11.6 Å². The molecule has 1 aromatic carbocycles. The molecule has 104 valence electrons. The highest BCUT2D eigenvalue weighted by molar-refractivity contribution is 5.92. The molecule has 1 aliphatic rings. The van der Waals surface area contributed by atoms with Crippen molar-refractivity contribution in [3.63, 3.8) is 0 Å². The number of likely N-dealkylation sites (N-methyl/N-ethyl adjacent to an activating group) is 1. The molecule has 0 spiro atoms. The minimum atomic E-state index is -0.301. The molecule has 2 N–H and O–H groups in total. The monoisotopic (exact) mass is 265 g/mol. The van der Waals surface area contributed by atoms with Crippen LogP contribution in [0, 0.1) is 5.82 Å². The maximum Gasteiger partial charge on any atom is 0.238 e. The Morgan fingerprint density at radius 3 is 2.79 bits per heavy atom. The van der Waals surface area contributed by atoms with Gasteiger partial charge in [0.05, 0.1) is 6.54 Å². The molecule has 2 rings (SSSR count). The van der Waals surface area contributed by atoms with Gasteiger partial charge >= 0.3 is 0 Å². The summed E-state index contributed by atoms with van der Waals surface area (Å²) in [4.78, 5) is 14.1. The van der Waals surface area contributed by atoms with Gasteiger partial charge in [0.15, 0.2) is 0 Å². The molecule has 0 saturated carbocycles. The molecule has 19 heavy (non-hydrogen) atoms. The van der Waals surface area contributed by atoms with Crippen LogP contribution in [0.5, 0.6) is 0 Å². The van der Waals surface area contributed by atoms with Crippen molar-refractivity contribution in [3.8, 4) is 0 Å². The van der Waals surface area contributed by atoms with Crippen LogP contribution in [0.2, 0.25) is 0 Å². The van der Waals surface area contributed by atoms with Gasteiger partial charge in [-0.1, -0.05) is 6.92 Å². The lowest BCUT2D eigenvalue weighted by Crippen LogP contribution is -2.41. The average Bonchev–Trinajstić information content (AvgIpc) is 2.92. The molecule has 1 amide bonds. The molecule has 5 heteroatoms. The van der Waals surface area contributed by atoms with Crippen molar-refractivity contribution in [2.75, 3.05) is 31.5 Å². The van der Waals surface area contributed by atoms with Crippen LogP contribution >= 0.6 is 0 Å². The zero-order valence-electron chi connectivity index (χ0n) is 11.2. The average molecular weight is 265 g/mol. The molecular weight excluding hydrogens is 245 g/mol. The Kier molecular flexibility index (Phi) is 4.87. The Hall–Kier alpha value is -1.46. The lowest BCUT2D eigenvalue weighted by molar-refractivity contribution is -0.117. The normalized spacial score (nSPS) is 18.8. The maximum atomic E-state index is 12.8. The second-order valence-electron chi connectivity index (χ2n) is 4.76. The van der Waals surface area contributed by atoms with Gasteiger partial charge in [0.1, 0.15) is 5.82 Å². The van der Waals surface area contributed by atoms with Crippen LogP contribution in [0.4, 0.5) is 10.1 Å². The van der Waals surface area contributed by atoms with Crippen molar-refractivity contribution < 1.29 is 9.18 Å². The van der Waals surface area contributed by atoms with Crippen LogP contribution in [0.15, 0.2) is 24.3 Å². The van der Waals surface area contributed by atoms with E-state index < -0.39 is 0 Å². The van der Waals surface area contributed by atoms with Gasteiger partial charge in [-0.05, 0) is 43.8 Å². The summed E-state index contributed by atoms with van der Waals surface area (Å²) in [5, 5.41) is 6.09. The number of anilines is 1. The second-order valence-corrected chi connectivity index (χ2v) is 4.76. The minimum Gasteiger partial charge on any atom is -0.325 e. The largest absolute Gasteiger partial charge is 0.325 e. The van der Waals surface area contributed by atoms with Gasteiger partial charge in [-0.3, -0.25) is 9.69 Å². The quantitative estimate of drug-likeness (QED) is 0.847. The Labute approximate surface area is 113 Å².